The van der Waals surface area contributed by atoms with Crippen LogP contribution in [-0.2, 0) is 11.2 Å². The third-order valence-electron chi connectivity index (χ3n) is 5.82. The first-order chi connectivity index (χ1) is 14.4. The third kappa shape index (κ3) is 4.15. The lowest BCUT2D eigenvalue weighted by molar-refractivity contribution is -0.116. The maximum absolute atomic E-state index is 13.9. The zero-order chi connectivity index (χ0) is 21.3. The van der Waals surface area contributed by atoms with E-state index < -0.39 is 0 Å². The zero-order valence-electron chi connectivity index (χ0n) is 17.8. The molecular formula is C23H28FN5O. The molecule has 3 heterocycles. The Morgan fingerprint density at radius 2 is 1.90 bits per heavy atom. The summed E-state index contributed by atoms with van der Waals surface area (Å²) >= 11 is 0. The predicted molar refractivity (Wildman–Crippen MR) is 117 cm³/mol. The van der Waals surface area contributed by atoms with Gasteiger partial charge in [-0.15, -0.1) is 0 Å². The van der Waals surface area contributed by atoms with Gasteiger partial charge in [-0.25, -0.2) is 13.9 Å². The quantitative estimate of drug-likeness (QED) is 0.680. The van der Waals surface area contributed by atoms with Crippen molar-refractivity contribution >= 4 is 22.9 Å². The molecule has 3 aromatic rings. The minimum Gasteiger partial charge on any atom is -0.370 e. The van der Waals surface area contributed by atoms with Gasteiger partial charge in [0.2, 0.25) is 5.91 Å². The number of fused-ring (bicyclic) bond motifs is 1. The van der Waals surface area contributed by atoms with E-state index in [2.05, 4.69) is 20.3 Å². The fourth-order valence-corrected chi connectivity index (χ4v) is 4.27. The van der Waals surface area contributed by atoms with Crippen molar-refractivity contribution in [1.82, 2.24) is 14.6 Å². The Morgan fingerprint density at radius 3 is 2.67 bits per heavy atom. The van der Waals surface area contributed by atoms with E-state index in [1.165, 1.54) is 18.6 Å². The number of carbonyl (C=O) groups excluding carboxylic acids is 1. The Morgan fingerprint density at radius 1 is 1.13 bits per heavy atom. The number of carbonyl (C=O) groups is 1. The van der Waals surface area contributed by atoms with Gasteiger partial charge in [0, 0.05) is 37.0 Å². The van der Waals surface area contributed by atoms with Gasteiger partial charge in [0.25, 0.3) is 0 Å². The van der Waals surface area contributed by atoms with Crippen LogP contribution in [0, 0.1) is 26.6 Å². The van der Waals surface area contributed by atoms with E-state index in [1.54, 1.807) is 6.07 Å². The van der Waals surface area contributed by atoms with E-state index in [0.29, 0.717) is 18.5 Å². The lowest BCUT2D eigenvalue weighted by Crippen LogP contribution is -2.30. The molecule has 1 aromatic carbocycles. The molecule has 30 heavy (non-hydrogen) atoms. The van der Waals surface area contributed by atoms with Crippen LogP contribution in [0.4, 0.5) is 15.8 Å². The van der Waals surface area contributed by atoms with E-state index in [-0.39, 0.29) is 11.7 Å². The smallest absolute Gasteiger partial charge is 0.224 e. The predicted octanol–water partition coefficient (Wildman–Crippen LogP) is 4.36. The number of rotatable bonds is 5. The molecule has 0 saturated carbocycles. The van der Waals surface area contributed by atoms with Crippen molar-refractivity contribution in [1.29, 1.82) is 0 Å². The highest BCUT2D eigenvalue weighted by molar-refractivity contribution is 5.94. The molecule has 1 aliphatic heterocycles. The largest absolute Gasteiger partial charge is 0.370 e. The fourth-order valence-electron chi connectivity index (χ4n) is 4.27. The molecule has 0 radical (unpaired) electrons. The Kier molecular flexibility index (Phi) is 5.70. The Hall–Kier alpha value is -2.96. The second kappa shape index (κ2) is 8.42. The number of anilines is 2. The van der Waals surface area contributed by atoms with E-state index in [9.17, 15) is 9.18 Å². The molecule has 1 fully saturated rings. The van der Waals surface area contributed by atoms with Crippen LogP contribution in [0.1, 0.15) is 48.3 Å². The van der Waals surface area contributed by atoms with E-state index in [0.717, 1.165) is 59.9 Å². The molecule has 1 amide bonds. The lowest BCUT2D eigenvalue weighted by atomic mass is 10.1. The van der Waals surface area contributed by atoms with Crippen LogP contribution in [0.15, 0.2) is 24.3 Å². The summed E-state index contributed by atoms with van der Waals surface area (Å²) in [6.07, 6.45) is 4.30. The summed E-state index contributed by atoms with van der Waals surface area (Å²) in [6, 6.07) is 6.59. The van der Waals surface area contributed by atoms with Crippen molar-refractivity contribution in [2.24, 2.45) is 0 Å². The van der Waals surface area contributed by atoms with Crippen LogP contribution in [0.2, 0.25) is 0 Å². The molecule has 158 valence electrons. The van der Waals surface area contributed by atoms with Crippen LogP contribution < -0.4 is 10.2 Å². The van der Waals surface area contributed by atoms with Gasteiger partial charge in [-0.05, 0) is 70.2 Å². The van der Waals surface area contributed by atoms with Crippen molar-refractivity contribution in [2.45, 2.75) is 52.9 Å². The highest BCUT2D eigenvalue weighted by Gasteiger charge is 2.18. The topological polar surface area (TPSA) is 62.5 Å². The highest BCUT2D eigenvalue weighted by atomic mass is 19.1. The normalized spacial score (nSPS) is 14.3. The number of hydrogen-bond acceptors (Lipinski definition) is 4. The molecule has 0 bridgehead atoms. The Balaban J connectivity index is 1.49. The molecule has 2 aromatic heterocycles. The summed E-state index contributed by atoms with van der Waals surface area (Å²) in [5, 5.41) is 7.42. The maximum atomic E-state index is 13.9. The molecular weight excluding hydrogens is 381 g/mol. The summed E-state index contributed by atoms with van der Waals surface area (Å²) in [4.78, 5) is 19.6. The fraction of sp³-hybridized carbons (Fsp3) is 0.435. The average molecular weight is 410 g/mol. The van der Waals surface area contributed by atoms with Gasteiger partial charge in [0.05, 0.1) is 17.1 Å². The van der Waals surface area contributed by atoms with Crippen molar-refractivity contribution in [3.05, 3.63) is 52.7 Å². The summed E-state index contributed by atoms with van der Waals surface area (Å²) in [7, 11) is 0. The summed E-state index contributed by atoms with van der Waals surface area (Å²) in [6.45, 7) is 7.77. The third-order valence-corrected chi connectivity index (χ3v) is 5.82. The van der Waals surface area contributed by atoms with Gasteiger partial charge in [0.1, 0.15) is 5.82 Å². The van der Waals surface area contributed by atoms with E-state index >= 15 is 0 Å². The van der Waals surface area contributed by atoms with Crippen molar-refractivity contribution < 1.29 is 9.18 Å². The molecule has 4 rings (SSSR count). The second-order valence-electron chi connectivity index (χ2n) is 8.07. The van der Waals surface area contributed by atoms with E-state index in [1.807, 2.05) is 31.4 Å². The number of hydrogen-bond donors (Lipinski definition) is 1. The molecule has 7 heteroatoms. The minimum absolute atomic E-state index is 0.130. The molecule has 6 nitrogen and oxygen atoms in total. The van der Waals surface area contributed by atoms with Crippen LogP contribution in [0.5, 0.6) is 0 Å². The maximum Gasteiger partial charge on any atom is 0.224 e. The molecule has 0 spiro atoms. The monoisotopic (exact) mass is 409 g/mol. The number of amides is 1. The number of aryl methyl sites for hydroxylation is 3. The van der Waals surface area contributed by atoms with Crippen LogP contribution >= 0.6 is 0 Å². The molecule has 1 saturated heterocycles. The molecule has 1 N–H and O–H groups in total. The van der Waals surface area contributed by atoms with Crippen LogP contribution in [0.3, 0.4) is 0 Å². The van der Waals surface area contributed by atoms with Gasteiger partial charge < -0.3 is 10.2 Å². The Bertz CT molecular complexity index is 1080. The van der Waals surface area contributed by atoms with Gasteiger partial charge in [-0.3, -0.25) is 4.79 Å². The second-order valence-corrected chi connectivity index (χ2v) is 8.07. The lowest BCUT2D eigenvalue weighted by Gasteiger charge is -2.30. The Labute approximate surface area is 176 Å². The highest BCUT2D eigenvalue weighted by Crippen LogP contribution is 2.29. The van der Waals surface area contributed by atoms with Crippen LogP contribution in [0.25, 0.3) is 5.65 Å². The standard InChI is InChI=1S/C23H28FN5O/c1-15-13-22-25-16(2)19(17(3)29(22)27-15)8-10-23(30)26-20-14-18(24)7-9-21(20)28-11-5-4-6-12-28/h7,9,13-14H,4-6,8,10-12H2,1-3H3,(H,26,30). The summed E-state index contributed by atoms with van der Waals surface area (Å²) in [5.41, 5.74) is 6.11. The first-order valence-corrected chi connectivity index (χ1v) is 10.6. The summed E-state index contributed by atoms with van der Waals surface area (Å²) < 4.78 is 15.7. The van der Waals surface area contributed by atoms with Gasteiger partial charge in [-0.2, -0.15) is 5.10 Å². The molecule has 0 unspecified atom stereocenters. The van der Waals surface area contributed by atoms with Crippen LogP contribution in [-0.4, -0.2) is 33.6 Å². The number of nitrogens with zero attached hydrogens (tertiary/aromatic N) is 4. The minimum atomic E-state index is -0.346. The first kappa shape index (κ1) is 20.3. The zero-order valence-corrected chi connectivity index (χ0v) is 17.8. The van der Waals surface area contributed by atoms with Gasteiger partial charge in [0.15, 0.2) is 5.65 Å². The summed E-state index contributed by atoms with van der Waals surface area (Å²) in [5.74, 6) is -0.476. The average Bonchev–Trinajstić information content (AvgIpc) is 3.09. The number of nitrogens with one attached hydrogen (secondary N) is 1. The number of aromatic nitrogens is 3. The molecule has 0 aliphatic carbocycles. The van der Waals surface area contributed by atoms with Crippen molar-refractivity contribution in [3.8, 4) is 0 Å². The number of halogens is 1. The van der Waals surface area contributed by atoms with Gasteiger partial charge >= 0.3 is 0 Å². The number of piperidine rings is 1. The SMILES string of the molecule is Cc1cc2nc(C)c(CCC(=O)Nc3cc(F)ccc3N3CCCCC3)c(C)n2n1. The van der Waals surface area contributed by atoms with Crippen molar-refractivity contribution in [3.63, 3.8) is 0 Å². The van der Waals surface area contributed by atoms with Gasteiger partial charge in [-0.1, -0.05) is 0 Å². The first-order valence-electron chi connectivity index (χ1n) is 10.6. The van der Waals surface area contributed by atoms with E-state index in [4.69, 9.17) is 0 Å². The van der Waals surface area contributed by atoms with Crippen molar-refractivity contribution in [2.75, 3.05) is 23.3 Å². The molecule has 1 aliphatic rings. The number of benzene rings is 1. The molecule has 0 atom stereocenters.